The first-order chi connectivity index (χ1) is 7.38. The van der Waals surface area contributed by atoms with Crippen molar-refractivity contribution in [3.05, 3.63) is 0 Å². The Kier molecular flexibility index (Phi) is 9.12. The second kappa shape index (κ2) is 9.17. The lowest BCUT2D eigenvalue weighted by molar-refractivity contribution is -0.0261. The van der Waals surface area contributed by atoms with E-state index in [2.05, 4.69) is 11.9 Å². The van der Waals surface area contributed by atoms with E-state index in [0.717, 1.165) is 25.2 Å². The van der Waals surface area contributed by atoms with Crippen molar-refractivity contribution in [3.63, 3.8) is 0 Å². The molecule has 0 aromatic heterocycles. The first kappa shape index (κ1) is 14.9. The van der Waals surface area contributed by atoms with Crippen molar-refractivity contribution in [1.29, 1.82) is 0 Å². The lowest BCUT2D eigenvalue weighted by Crippen LogP contribution is -2.47. The van der Waals surface area contributed by atoms with Gasteiger partial charge in [-0.3, -0.25) is 0 Å². The Bertz CT molecular complexity index is 136. The van der Waals surface area contributed by atoms with Crippen LogP contribution in [0.5, 0.6) is 0 Å². The number of ether oxygens (including phenoxy) is 1. The number of likely N-dealkylation sites (tertiary alicyclic amines) is 1. The molecule has 0 aromatic carbocycles. The van der Waals surface area contributed by atoms with Gasteiger partial charge < -0.3 is 9.64 Å². The van der Waals surface area contributed by atoms with Gasteiger partial charge in [-0.05, 0) is 38.8 Å². The van der Waals surface area contributed by atoms with E-state index in [0.29, 0.717) is 0 Å². The lowest BCUT2D eigenvalue weighted by Gasteiger charge is -2.41. The second-order valence-electron chi connectivity index (χ2n) is 3.81. The highest BCUT2D eigenvalue weighted by Gasteiger charge is 2.31. The molecule has 2 aliphatic heterocycles. The molecule has 0 aromatic rings. The molecule has 0 amide bonds. The van der Waals surface area contributed by atoms with Gasteiger partial charge in [-0.2, -0.15) is 0 Å². The minimum Gasteiger partial charge on any atom is -0.381 e. The van der Waals surface area contributed by atoms with Crippen LogP contribution >= 0.6 is 0 Å². The molecule has 2 heteroatoms. The monoisotopic (exact) mass is 215 g/mol. The molecular formula is C13H29NO. The third-order valence-electron chi connectivity index (χ3n) is 3.09. The number of hydrogen-bond acceptors (Lipinski definition) is 2. The van der Waals surface area contributed by atoms with Crippen LogP contribution in [-0.2, 0) is 4.74 Å². The first-order valence-electron chi connectivity index (χ1n) is 6.66. The highest BCUT2D eigenvalue weighted by atomic mass is 16.5. The zero-order valence-corrected chi connectivity index (χ0v) is 11.3. The maximum atomic E-state index is 5.46. The summed E-state index contributed by atoms with van der Waals surface area (Å²) in [4.78, 5) is 2.51. The Balaban J connectivity index is 0.000000442. The van der Waals surface area contributed by atoms with Gasteiger partial charge in [0.15, 0.2) is 0 Å². The number of hydrogen-bond donors (Lipinski definition) is 0. The predicted octanol–water partition coefficient (Wildman–Crippen LogP) is 3.17. The van der Waals surface area contributed by atoms with Crippen molar-refractivity contribution < 1.29 is 4.74 Å². The summed E-state index contributed by atoms with van der Waals surface area (Å²) in [6.07, 6.45) is 4.00. The normalized spacial score (nSPS) is 30.2. The van der Waals surface area contributed by atoms with Crippen LogP contribution in [0.25, 0.3) is 0 Å². The summed E-state index contributed by atoms with van der Waals surface area (Å²) >= 11 is 0. The Morgan fingerprint density at radius 2 is 1.73 bits per heavy atom. The molecule has 2 aliphatic rings. The average molecular weight is 215 g/mol. The molecule has 0 aliphatic carbocycles. The van der Waals surface area contributed by atoms with Crippen molar-refractivity contribution >= 4 is 0 Å². The van der Waals surface area contributed by atoms with Crippen LogP contribution in [0.4, 0.5) is 0 Å². The van der Waals surface area contributed by atoms with Crippen LogP contribution in [0, 0.1) is 5.92 Å². The summed E-state index contributed by atoms with van der Waals surface area (Å²) in [7, 11) is 2.25. The van der Waals surface area contributed by atoms with E-state index < -0.39 is 0 Å². The van der Waals surface area contributed by atoms with Gasteiger partial charge in [0.1, 0.15) is 0 Å². The first-order valence-corrected chi connectivity index (χ1v) is 6.66. The van der Waals surface area contributed by atoms with E-state index in [9.17, 15) is 0 Å². The van der Waals surface area contributed by atoms with Crippen LogP contribution < -0.4 is 0 Å². The van der Waals surface area contributed by atoms with Crippen molar-refractivity contribution in [3.8, 4) is 0 Å². The molecule has 2 fully saturated rings. The van der Waals surface area contributed by atoms with E-state index in [1.807, 2.05) is 27.7 Å². The summed E-state index contributed by atoms with van der Waals surface area (Å²) in [5, 5.41) is 0. The number of nitrogens with zero attached hydrogens (tertiary/aromatic N) is 1. The summed E-state index contributed by atoms with van der Waals surface area (Å²) in [5.41, 5.74) is 0. The molecule has 2 saturated heterocycles. The maximum Gasteiger partial charge on any atom is 0.0509 e. The van der Waals surface area contributed by atoms with Crippen LogP contribution in [0.1, 0.15) is 47.0 Å². The summed E-state index contributed by atoms with van der Waals surface area (Å²) in [6.45, 7) is 11.3. The SMILES string of the molecule is CC.CC.CN1CCCC2COCCC21. The van der Waals surface area contributed by atoms with Gasteiger partial charge in [0, 0.05) is 12.6 Å². The molecule has 0 N–H and O–H groups in total. The lowest BCUT2D eigenvalue weighted by atomic mass is 9.87. The van der Waals surface area contributed by atoms with Crippen LogP contribution in [-0.4, -0.2) is 37.7 Å². The van der Waals surface area contributed by atoms with Crippen LogP contribution in [0.3, 0.4) is 0 Å². The zero-order valence-electron chi connectivity index (χ0n) is 11.3. The van der Waals surface area contributed by atoms with Gasteiger partial charge in [0.05, 0.1) is 6.61 Å². The Labute approximate surface area is 96.0 Å². The highest BCUT2D eigenvalue weighted by molar-refractivity contribution is 4.84. The molecule has 92 valence electrons. The van der Waals surface area contributed by atoms with Crippen molar-refractivity contribution in [2.75, 3.05) is 26.8 Å². The Hall–Kier alpha value is -0.0800. The molecule has 0 spiro atoms. The minimum absolute atomic E-state index is 0.831. The summed E-state index contributed by atoms with van der Waals surface area (Å²) in [6, 6.07) is 0.831. The largest absolute Gasteiger partial charge is 0.381 e. The fraction of sp³-hybridized carbons (Fsp3) is 1.00. The number of fused-ring (bicyclic) bond motifs is 1. The third-order valence-corrected chi connectivity index (χ3v) is 3.09. The van der Waals surface area contributed by atoms with Crippen LogP contribution in [0.15, 0.2) is 0 Å². The quantitative estimate of drug-likeness (QED) is 0.615. The third kappa shape index (κ3) is 4.52. The summed E-state index contributed by atoms with van der Waals surface area (Å²) in [5.74, 6) is 0.836. The number of piperidine rings is 1. The van der Waals surface area contributed by atoms with Crippen molar-refractivity contribution in [2.24, 2.45) is 5.92 Å². The Morgan fingerprint density at radius 1 is 1.07 bits per heavy atom. The van der Waals surface area contributed by atoms with Crippen molar-refractivity contribution in [1.82, 2.24) is 4.90 Å². The second-order valence-corrected chi connectivity index (χ2v) is 3.81. The molecule has 15 heavy (non-hydrogen) atoms. The molecule has 2 rings (SSSR count). The predicted molar refractivity (Wildman–Crippen MR) is 67.3 cm³/mol. The fourth-order valence-corrected chi connectivity index (χ4v) is 2.41. The van der Waals surface area contributed by atoms with Gasteiger partial charge in [0.2, 0.25) is 0 Å². The average Bonchev–Trinajstić information content (AvgIpc) is 2.35. The van der Waals surface area contributed by atoms with Gasteiger partial charge in [0.25, 0.3) is 0 Å². The number of rotatable bonds is 0. The van der Waals surface area contributed by atoms with Crippen LogP contribution in [0.2, 0.25) is 0 Å². The molecular weight excluding hydrogens is 186 g/mol. The maximum absolute atomic E-state index is 5.46. The van der Waals surface area contributed by atoms with Gasteiger partial charge in [-0.25, -0.2) is 0 Å². The summed E-state index contributed by atoms with van der Waals surface area (Å²) < 4.78 is 5.46. The van der Waals surface area contributed by atoms with Gasteiger partial charge in [-0.1, -0.05) is 27.7 Å². The molecule has 0 saturated carbocycles. The highest BCUT2D eigenvalue weighted by Crippen LogP contribution is 2.27. The molecule has 2 unspecified atom stereocenters. The fourth-order valence-electron chi connectivity index (χ4n) is 2.41. The zero-order chi connectivity index (χ0) is 11.7. The standard InChI is InChI=1S/C9H17NO.2C2H6/c1-10-5-2-3-8-7-11-6-4-9(8)10;2*1-2/h8-9H,2-7H2,1H3;2*1-2H3. The van der Waals surface area contributed by atoms with E-state index in [1.165, 1.54) is 25.8 Å². The van der Waals surface area contributed by atoms with Gasteiger partial charge in [-0.15, -0.1) is 0 Å². The van der Waals surface area contributed by atoms with Crippen molar-refractivity contribution in [2.45, 2.75) is 53.0 Å². The smallest absolute Gasteiger partial charge is 0.0509 e. The topological polar surface area (TPSA) is 12.5 Å². The molecule has 0 radical (unpaired) electrons. The minimum atomic E-state index is 0.831. The molecule has 0 bridgehead atoms. The van der Waals surface area contributed by atoms with E-state index >= 15 is 0 Å². The Morgan fingerprint density at radius 3 is 2.33 bits per heavy atom. The van der Waals surface area contributed by atoms with E-state index in [-0.39, 0.29) is 0 Å². The molecule has 2 nitrogen and oxygen atoms in total. The van der Waals surface area contributed by atoms with E-state index in [4.69, 9.17) is 4.74 Å². The van der Waals surface area contributed by atoms with Gasteiger partial charge >= 0.3 is 0 Å². The molecule has 2 atom stereocenters. The van der Waals surface area contributed by atoms with E-state index in [1.54, 1.807) is 0 Å². The molecule has 2 heterocycles.